The summed E-state index contributed by atoms with van der Waals surface area (Å²) in [5, 5.41) is 0. The number of hydrogen-bond acceptors (Lipinski definition) is 4. The molecule has 142 valence electrons. The molecule has 0 radical (unpaired) electrons. The van der Waals surface area contributed by atoms with Gasteiger partial charge in [-0.15, -0.1) is 0 Å². The van der Waals surface area contributed by atoms with Crippen LogP contribution in [-0.4, -0.2) is 16.0 Å². The van der Waals surface area contributed by atoms with E-state index in [9.17, 15) is 4.79 Å². The third-order valence-electron chi connectivity index (χ3n) is 4.52. The molecule has 7 heteroatoms. The van der Waals surface area contributed by atoms with Gasteiger partial charge in [-0.3, -0.25) is 4.79 Å². The lowest BCUT2D eigenvalue weighted by molar-refractivity contribution is 0.360. The summed E-state index contributed by atoms with van der Waals surface area (Å²) >= 11 is 8.41. The lowest BCUT2D eigenvalue weighted by Gasteiger charge is -2.10. The molecule has 0 unspecified atom stereocenters. The average molecular weight is 520 g/mol. The molecule has 0 aliphatic rings. The summed E-state index contributed by atoms with van der Waals surface area (Å²) in [5.41, 5.74) is 4.73. The molecule has 0 aliphatic heterocycles. The fraction of sp³-hybridized carbons (Fsp3) is 0.143. The van der Waals surface area contributed by atoms with Crippen LogP contribution in [0.25, 0.3) is 22.1 Å². The van der Waals surface area contributed by atoms with Gasteiger partial charge in [0.1, 0.15) is 12.4 Å². The first-order chi connectivity index (χ1) is 13.4. The van der Waals surface area contributed by atoms with Gasteiger partial charge in [-0.2, -0.15) is 0 Å². The second-order valence-electron chi connectivity index (χ2n) is 6.48. The van der Waals surface area contributed by atoms with E-state index < -0.39 is 0 Å². The maximum absolute atomic E-state index is 13.1. The summed E-state index contributed by atoms with van der Waals surface area (Å²) in [5.74, 6) is 0.671. The minimum atomic E-state index is -0.0727. The maximum atomic E-state index is 13.1. The van der Waals surface area contributed by atoms with E-state index in [-0.39, 0.29) is 5.56 Å². The molecular formula is C21H16Br2N2O2S. The zero-order valence-electron chi connectivity index (χ0n) is 15.3. The van der Waals surface area contributed by atoms with Crippen LogP contribution in [0.2, 0.25) is 0 Å². The predicted molar refractivity (Wildman–Crippen MR) is 123 cm³/mol. The third-order valence-corrected chi connectivity index (χ3v) is 6.54. The second-order valence-corrected chi connectivity index (χ2v) is 9.26. The molecule has 0 saturated carbocycles. The number of aromatic nitrogens is 2. The lowest BCUT2D eigenvalue weighted by atomic mass is 10.1. The van der Waals surface area contributed by atoms with Gasteiger partial charge in [0, 0.05) is 10.0 Å². The number of aryl methyl sites for hydroxylation is 2. The Morgan fingerprint density at radius 3 is 2.71 bits per heavy atom. The number of halogens is 2. The normalized spacial score (nSPS) is 12.2. The van der Waals surface area contributed by atoms with Crippen molar-refractivity contribution in [3.05, 3.63) is 77.4 Å². The smallest absolute Gasteiger partial charge is 0.274 e. The molecule has 4 aromatic rings. The average Bonchev–Trinajstić information content (AvgIpc) is 3.11. The van der Waals surface area contributed by atoms with Gasteiger partial charge in [-0.1, -0.05) is 39.9 Å². The van der Waals surface area contributed by atoms with Crippen molar-refractivity contribution in [2.45, 2.75) is 13.8 Å². The molecule has 2 aromatic heterocycles. The number of benzene rings is 2. The van der Waals surface area contributed by atoms with Crippen LogP contribution in [-0.2, 0) is 0 Å². The molecule has 0 aliphatic carbocycles. The summed E-state index contributed by atoms with van der Waals surface area (Å²) in [4.78, 5) is 18.5. The summed E-state index contributed by atoms with van der Waals surface area (Å²) in [6.07, 6.45) is 3.54. The Morgan fingerprint density at radius 2 is 1.96 bits per heavy atom. The van der Waals surface area contributed by atoms with Crippen molar-refractivity contribution in [2.75, 3.05) is 6.61 Å². The van der Waals surface area contributed by atoms with Crippen molar-refractivity contribution in [1.29, 1.82) is 0 Å². The number of ether oxygens (including phenoxy) is 1. The Bertz CT molecular complexity index is 1350. The first kappa shape index (κ1) is 19.4. The fourth-order valence-electron chi connectivity index (χ4n) is 3.04. The summed E-state index contributed by atoms with van der Waals surface area (Å²) in [6.45, 7) is 8.17. The van der Waals surface area contributed by atoms with E-state index in [0.29, 0.717) is 21.8 Å². The highest BCUT2D eigenvalue weighted by Gasteiger charge is 2.14. The molecule has 0 amide bonds. The first-order valence-electron chi connectivity index (χ1n) is 8.55. The SMILES string of the molecule is C=CCOc1c(Br)cc(Br)cc1/C=c1/sc2nc3cc(C)c(C)cc3n2c1=O. The zero-order chi connectivity index (χ0) is 20.0. The lowest BCUT2D eigenvalue weighted by Crippen LogP contribution is -2.22. The molecule has 0 bridgehead atoms. The molecule has 2 heterocycles. The Balaban J connectivity index is 1.96. The first-order valence-corrected chi connectivity index (χ1v) is 11.0. The van der Waals surface area contributed by atoms with E-state index in [0.717, 1.165) is 31.1 Å². The highest BCUT2D eigenvalue weighted by Crippen LogP contribution is 2.33. The molecule has 28 heavy (non-hydrogen) atoms. The van der Waals surface area contributed by atoms with Crippen LogP contribution in [0.4, 0.5) is 0 Å². The molecule has 0 fully saturated rings. The van der Waals surface area contributed by atoms with Gasteiger partial charge < -0.3 is 4.74 Å². The van der Waals surface area contributed by atoms with Gasteiger partial charge in [0.05, 0.1) is 20.0 Å². The Morgan fingerprint density at radius 1 is 1.21 bits per heavy atom. The van der Waals surface area contributed by atoms with Crippen LogP contribution in [0.5, 0.6) is 5.75 Å². The zero-order valence-corrected chi connectivity index (χ0v) is 19.2. The van der Waals surface area contributed by atoms with E-state index in [4.69, 9.17) is 4.74 Å². The van der Waals surface area contributed by atoms with Crippen molar-refractivity contribution in [3.8, 4) is 5.75 Å². The number of fused-ring (bicyclic) bond motifs is 3. The van der Waals surface area contributed by atoms with E-state index in [1.54, 1.807) is 10.5 Å². The largest absolute Gasteiger partial charge is 0.488 e. The maximum Gasteiger partial charge on any atom is 0.274 e. The van der Waals surface area contributed by atoms with Gasteiger partial charge in [0.15, 0.2) is 4.96 Å². The second kappa shape index (κ2) is 7.46. The van der Waals surface area contributed by atoms with Crippen LogP contribution >= 0.6 is 43.2 Å². The van der Waals surface area contributed by atoms with Gasteiger partial charge in [-0.25, -0.2) is 9.38 Å². The Kier molecular flexibility index (Phi) is 5.16. The van der Waals surface area contributed by atoms with Gasteiger partial charge in [-0.05, 0) is 71.2 Å². The monoisotopic (exact) mass is 518 g/mol. The molecule has 0 atom stereocenters. The van der Waals surface area contributed by atoms with Crippen LogP contribution in [0.15, 0.2) is 50.7 Å². The van der Waals surface area contributed by atoms with Crippen molar-refractivity contribution in [2.24, 2.45) is 0 Å². The fourth-order valence-corrected chi connectivity index (χ4v) is 5.39. The van der Waals surface area contributed by atoms with Crippen molar-refractivity contribution in [3.63, 3.8) is 0 Å². The predicted octanol–water partition coefficient (Wildman–Crippen LogP) is 5.16. The number of hydrogen-bond donors (Lipinski definition) is 0. The molecule has 0 N–H and O–H groups in total. The minimum Gasteiger partial charge on any atom is -0.488 e. The minimum absolute atomic E-state index is 0.0727. The Hall–Kier alpha value is -1.96. The quantitative estimate of drug-likeness (QED) is 0.349. The number of rotatable bonds is 4. The van der Waals surface area contributed by atoms with E-state index >= 15 is 0 Å². The topological polar surface area (TPSA) is 43.6 Å². The summed E-state index contributed by atoms with van der Waals surface area (Å²) in [6, 6.07) is 7.89. The van der Waals surface area contributed by atoms with E-state index in [2.05, 4.69) is 50.3 Å². The van der Waals surface area contributed by atoms with Crippen molar-refractivity contribution >= 4 is 65.3 Å². The molecule has 0 spiro atoms. The highest BCUT2D eigenvalue weighted by atomic mass is 79.9. The van der Waals surface area contributed by atoms with Gasteiger partial charge in [0.25, 0.3) is 5.56 Å². The number of imidazole rings is 1. The summed E-state index contributed by atoms with van der Waals surface area (Å²) < 4.78 is 9.80. The molecule has 0 saturated heterocycles. The van der Waals surface area contributed by atoms with Crippen LogP contribution in [0.1, 0.15) is 16.7 Å². The van der Waals surface area contributed by atoms with Crippen LogP contribution < -0.4 is 14.8 Å². The molecule has 4 rings (SSSR count). The standard InChI is InChI=1S/C21H16Br2N2O2S/c1-4-5-27-19-13(8-14(22)10-15(19)23)9-18-20(26)25-17-7-12(3)11(2)6-16(17)24-21(25)28-18/h4,6-10H,1,5H2,2-3H3/b18-9+. The van der Waals surface area contributed by atoms with Gasteiger partial charge >= 0.3 is 0 Å². The highest BCUT2D eigenvalue weighted by molar-refractivity contribution is 9.11. The van der Waals surface area contributed by atoms with Gasteiger partial charge in [0.2, 0.25) is 0 Å². The van der Waals surface area contributed by atoms with E-state index in [1.165, 1.54) is 16.9 Å². The molecule has 2 aromatic carbocycles. The van der Waals surface area contributed by atoms with Crippen LogP contribution in [0, 0.1) is 13.8 Å². The molecule has 4 nitrogen and oxygen atoms in total. The molecular weight excluding hydrogens is 504 g/mol. The third kappa shape index (κ3) is 3.32. The number of thiazole rings is 1. The van der Waals surface area contributed by atoms with Crippen molar-refractivity contribution < 1.29 is 4.74 Å². The van der Waals surface area contributed by atoms with Crippen molar-refractivity contribution in [1.82, 2.24) is 9.38 Å². The van der Waals surface area contributed by atoms with Crippen LogP contribution in [0.3, 0.4) is 0 Å². The Labute approximate surface area is 182 Å². The number of nitrogens with zero attached hydrogens (tertiary/aromatic N) is 2. The van der Waals surface area contributed by atoms with E-state index in [1.807, 2.05) is 37.3 Å². The summed E-state index contributed by atoms with van der Waals surface area (Å²) in [7, 11) is 0.